The number of nitrogens with one attached hydrogen (secondary N) is 1. The fraction of sp³-hybridized carbons (Fsp3) is 0.923. The van der Waals surface area contributed by atoms with E-state index in [1.54, 1.807) is 0 Å². The van der Waals surface area contributed by atoms with Gasteiger partial charge in [-0.25, -0.2) is 0 Å². The second-order valence-electron chi connectivity index (χ2n) is 6.19. The summed E-state index contributed by atoms with van der Waals surface area (Å²) in [7, 11) is 0. The summed E-state index contributed by atoms with van der Waals surface area (Å²) in [5.41, 5.74) is 0.107. The molecule has 1 heterocycles. The van der Waals surface area contributed by atoms with Crippen LogP contribution in [0, 0.1) is 28.1 Å². The summed E-state index contributed by atoms with van der Waals surface area (Å²) in [6, 6.07) is 2.42. The van der Waals surface area contributed by atoms with Gasteiger partial charge in [0.2, 0.25) is 0 Å². The second-order valence-corrected chi connectivity index (χ2v) is 6.19. The van der Waals surface area contributed by atoms with Gasteiger partial charge < -0.3 is 5.32 Å². The maximum absolute atomic E-state index is 9.09. The maximum Gasteiger partial charge on any atom is 0.0684 e. The van der Waals surface area contributed by atoms with Crippen LogP contribution < -0.4 is 5.32 Å². The van der Waals surface area contributed by atoms with Crippen molar-refractivity contribution < 1.29 is 0 Å². The summed E-state index contributed by atoms with van der Waals surface area (Å²) in [5.74, 6) is 0.770. The van der Waals surface area contributed by atoms with Crippen molar-refractivity contribution in [3.8, 4) is 6.07 Å². The fourth-order valence-corrected chi connectivity index (χ4v) is 2.93. The molecule has 1 aliphatic heterocycles. The molecule has 86 valence electrons. The third-order valence-electron chi connectivity index (χ3n) is 3.64. The number of hydrogen-bond acceptors (Lipinski definition) is 2. The van der Waals surface area contributed by atoms with Crippen LogP contribution in [0.25, 0.3) is 0 Å². The van der Waals surface area contributed by atoms with Crippen LogP contribution in [0.1, 0.15) is 47.0 Å². The summed E-state index contributed by atoms with van der Waals surface area (Å²) in [6.07, 6.45) is 3.52. The van der Waals surface area contributed by atoms with Gasteiger partial charge in [-0.05, 0) is 57.5 Å². The highest BCUT2D eigenvalue weighted by molar-refractivity contribution is 4.97. The lowest BCUT2D eigenvalue weighted by molar-refractivity contribution is 0.117. The van der Waals surface area contributed by atoms with E-state index in [4.69, 9.17) is 5.26 Å². The van der Waals surface area contributed by atoms with E-state index in [1.807, 2.05) is 0 Å². The predicted molar refractivity (Wildman–Crippen MR) is 63.4 cm³/mol. The third-order valence-corrected chi connectivity index (χ3v) is 3.64. The van der Waals surface area contributed by atoms with Crippen molar-refractivity contribution in [2.75, 3.05) is 13.1 Å². The second kappa shape index (κ2) is 4.53. The maximum atomic E-state index is 9.09. The molecule has 1 aliphatic rings. The van der Waals surface area contributed by atoms with Gasteiger partial charge in [0.25, 0.3) is 0 Å². The molecule has 0 unspecified atom stereocenters. The average Bonchev–Trinajstić information content (AvgIpc) is 2.18. The first-order valence-electron chi connectivity index (χ1n) is 5.99. The molecule has 1 rings (SSSR count). The summed E-state index contributed by atoms with van der Waals surface area (Å²) in [6.45, 7) is 11.0. The van der Waals surface area contributed by atoms with Crippen molar-refractivity contribution in [3.05, 3.63) is 0 Å². The monoisotopic (exact) mass is 208 g/mol. The van der Waals surface area contributed by atoms with Crippen LogP contribution in [-0.4, -0.2) is 13.1 Å². The van der Waals surface area contributed by atoms with Gasteiger partial charge in [0.05, 0.1) is 11.5 Å². The molecule has 0 aromatic heterocycles. The van der Waals surface area contributed by atoms with Crippen molar-refractivity contribution in [2.45, 2.75) is 47.0 Å². The van der Waals surface area contributed by atoms with E-state index in [9.17, 15) is 0 Å². The molecule has 1 fully saturated rings. The lowest BCUT2D eigenvalue weighted by Crippen LogP contribution is -2.37. The molecular weight excluding hydrogens is 184 g/mol. The molecule has 0 amide bonds. The van der Waals surface area contributed by atoms with Crippen LogP contribution >= 0.6 is 0 Å². The van der Waals surface area contributed by atoms with Gasteiger partial charge in [0.15, 0.2) is 0 Å². The highest BCUT2D eigenvalue weighted by Crippen LogP contribution is 2.42. The lowest BCUT2D eigenvalue weighted by Gasteiger charge is -2.40. The van der Waals surface area contributed by atoms with Crippen molar-refractivity contribution >= 4 is 0 Å². The minimum absolute atomic E-state index is 0.186. The zero-order chi connectivity index (χ0) is 11.5. The SMILES string of the molecule is CC(C)(C#N)CC(C)(C)C1CCNCC1. The first-order valence-corrected chi connectivity index (χ1v) is 5.99. The Bertz CT molecular complexity index is 242. The Morgan fingerprint density at radius 1 is 1.20 bits per heavy atom. The van der Waals surface area contributed by atoms with Crippen LogP contribution in [0.3, 0.4) is 0 Å². The summed E-state index contributed by atoms with van der Waals surface area (Å²) in [5, 5.41) is 12.5. The van der Waals surface area contributed by atoms with Crippen LogP contribution in [0.2, 0.25) is 0 Å². The molecule has 0 aliphatic carbocycles. The van der Waals surface area contributed by atoms with Crippen molar-refractivity contribution in [3.63, 3.8) is 0 Å². The smallest absolute Gasteiger partial charge is 0.0684 e. The quantitative estimate of drug-likeness (QED) is 0.774. The van der Waals surface area contributed by atoms with Crippen molar-refractivity contribution in [2.24, 2.45) is 16.7 Å². The topological polar surface area (TPSA) is 35.8 Å². The summed E-state index contributed by atoms with van der Waals surface area (Å²) in [4.78, 5) is 0. The summed E-state index contributed by atoms with van der Waals surface area (Å²) >= 11 is 0. The van der Waals surface area contributed by atoms with Gasteiger partial charge >= 0.3 is 0 Å². The van der Waals surface area contributed by atoms with Crippen molar-refractivity contribution in [1.29, 1.82) is 5.26 Å². The molecule has 0 radical (unpaired) electrons. The number of nitriles is 1. The molecule has 0 bridgehead atoms. The molecule has 0 saturated carbocycles. The Balaban J connectivity index is 2.61. The molecule has 0 aromatic carbocycles. The fourth-order valence-electron chi connectivity index (χ4n) is 2.93. The Morgan fingerprint density at radius 2 is 1.73 bits per heavy atom. The van der Waals surface area contributed by atoms with Gasteiger partial charge in [-0.2, -0.15) is 5.26 Å². The normalized spacial score (nSPS) is 19.9. The minimum atomic E-state index is -0.186. The number of rotatable bonds is 3. The van der Waals surface area contributed by atoms with E-state index >= 15 is 0 Å². The molecule has 15 heavy (non-hydrogen) atoms. The zero-order valence-corrected chi connectivity index (χ0v) is 10.6. The van der Waals surface area contributed by atoms with Crippen LogP contribution in [-0.2, 0) is 0 Å². The first kappa shape index (κ1) is 12.5. The van der Waals surface area contributed by atoms with E-state index in [-0.39, 0.29) is 5.41 Å². The molecule has 2 nitrogen and oxygen atoms in total. The molecule has 0 aromatic rings. The highest BCUT2D eigenvalue weighted by atomic mass is 14.9. The lowest BCUT2D eigenvalue weighted by atomic mass is 9.66. The van der Waals surface area contributed by atoms with Crippen LogP contribution in [0.5, 0.6) is 0 Å². The van der Waals surface area contributed by atoms with E-state index in [0.717, 1.165) is 25.4 Å². The first-order chi connectivity index (χ1) is 6.87. The minimum Gasteiger partial charge on any atom is -0.317 e. The van der Waals surface area contributed by atoms with Gasteiger partial charge in [0, 0.05) is 0 Å². The molecular formula is C13H24N2. The Kier molecular flexibility index (Phi) is 3.78. The Labute approximate surface area is 94.1 Å². The standard InChI is InChI=1S/C13H24N2/c1-12(2,10-14)9-13(3,4)11-5-7-15-8-6-11/h11,15H,5-9H2,1-4H3. The van der Waals surface area contributed by atoms with E-state index in [0.29, 0.717) is 5.41 Å². The average molecular weight is 208 g/mol. The molecule has 0 spiro atoms. The molecule has 1 N–H and O–H groups in total. The van der Waals surface area contributed by atoms with Gasteiger partial charge in [-0.3, -0.25) is 0 Å². The Morgan fingerprint density at radius 3 is 2.20 bits per heavy atom. The number of hydrogen-bond donors (Lipinski definition) is 1. The molecule has 0 atom stereocenters. The van der Waals surface area contributed by atoms with E-state index in [1.165, 1.54) is 12.8 Å². The van der Waals surface area contributed by atoms with Gasteiger partial charge in [-0.15, -0.1) is 0 Å². The highest BCUT2D eigenvalue weighted by Gasteiger charge is 2.35. The predicted octanol–water partition coefficient (Wildman–Crippen LogP) is 2.95. The number of nitrogens with zero attached hydrogens (tertiary/aromatic N) is 1. The van der Waals surface area contributed by atoms with Crippen LogP contribution in [0.15, 0.2) is 0 Å². The van der Waals surface area contributed by atoms with Crippen LogP contribution in [0.4, 0.5) is 0 Å². The third kappa shape index (κ3) is 3.50. The molecule has 1 saturated heterocycles. The van der Waals surface area contributed by atoms with E-state index in [2.05, 4.69) is 39.1 Å². The molecule has 2 heteroatoms. The summed E-state index contributed by atoms with van der Waals surface area (Å²) < 4.78 is 0. The van der Waals surface area contributed by atoms with Crippen molar-refractivity contribution in [1.82, 2.24) is 5.32 Å². The van der Waals surface area contributed by atoms with Gasteiger partial charge in [0.1, 0.15) is 0 Å². The zero-order valence-electron chi connectivity index (χ0n) is 10.6. The largest absolute Gasteiger partial charge is 0.317 e. The van der Waals surface area contributed by atoms with E-state index < -0.39 is 0 Å². The van der Waals surface area contributed by atoms with Gasteiger partial charge in [-0.1, -0.05) is 13.8 Å². The Hall–Kier alpha value is -0.550. The number of piperidine rings is 1.